The number of benzene rings is 1. The molecule has 0 saturated carbocycles. The third-order valence-corrected chi connectivity index (χ3v) is 3.79. The molecule has 2 heterocycles. The van der Waals surface area contributed by atoms with E-state index in [1.54, 1.807) is 18.5 Å². The van der Waals surface area contributed by atoms with E-state index in [0.29, 0.717) is 5.02 Å². The van der Waals surface area contributed by atoms with E-state index in [9.17, 15) is 0 Å². The second-order valence-electron chi connectivity index (χ2n) is 3.44. The van der Waals surface area contributed by atoms with Crippen LogP contribution in [0.25, 0.3) is 21.8 Å². The largest absolute Gasteiger partial charge is 0.254 e. The van der Waals surface area contributed by atoms with Crippen molar-refractivity contribution in [1.29, 1.82) is 0 Å². The van der Waals surface area contributed by atoms with Crippen LogP contribution >= 0.6 is 34.2 Å². The highest BCUT2D eigenvalue weighted by molar-refractivity contribution is 14.1. The number of hydrogen-bond acceptors (Lipinski definition) is 2. The van der Waals surface area contributed by atoms with Crippen molar-refractivity contribution in [3.63, 3.8) is 0 Å². The summed E-state index contributed by atoms with van der Waals surface area (Å²) in [7, 11) is 0. The van der Waals surface area contributed by atoms with Crippen LogP contribution in [0, 0.1) is 3.57 Å². The predicted octanol–water partition coefficient (Wildman–Crippen LogP) is 4.04. The Morgan fingerprint density at radius 1 is 0.875 bits per heavy atom. The van der Waals surface area contributed by atoms with Crippen molar-refractivity contribution < 1.29 is 0 Å². The van der Waals surface area contributed by atoms with Crippen molar-refractivity contribution in [1.82, 2.24) is 9.97 Å². The van der Waals surface area contributed by atoms with E-state index in [4.69, 9.17) is 11.6 Å². The van der Waals surface area contributed by atoms with Crippen LogP contribution in [0.15, 0.2) is 36.7 Å². The maximum atomic E-state index is 6.13. The lowest BCUT2D eigenvalue weighted by Crippen LogP contribution is -1.87. The van der Waals surface area contributed by atoms with Gasteiger partial charge in [-0.1, -0.05) is 23.7 Å². The summed E-state index contributed by atoms with van der Waals surface area (Å²) >= 11 is 8.43. The molecule has 3 rings (SSSR count). The summed E-state index contributed by atoms with van der Waals surface area (Å²) in [5.41, 5.74) is 1.77. The van der Waals surface area contributed by atoms with Crippen molar-refractivity contribution in [2.45, 2.75) is 0 Å². The van der Waals surface area contributed by atoms with Gasteiger partial charge < -0.3 is 0 Å². The summed E-state index contributed by atoms with van der Waals surface area (Å²) < 4.78 is 1.17. The Hall–Kier alpha value is -0.940. The fourth-order valence-corrected chi connectivity index (χ4v) is 2.57. The van der Waals surface area contributed by atoms with Crippen LogP contribution in [0.2, 0.25) is 5.02 Å². The fourth-order valence-electron chi connectivity index (χ4n) is 1.76. The fraction of sp³-hybridized carbons (Fsp3) is 0. The normalized spacial score (nSPS) is 11.1. The van der Waals surface area contributed by atoms with Crippen LogP contribution in [0.4, 0.5) is 0 Å². The number of rotatable bonds is 0. The molecule has 2 aromatic heterocycles. The minimum absolute atomic E-state index is 0.715. The quantitative estimate of drug-likeness (QED) is 0.456. The van der Waals surface area contributed by atoms with Gasteiger partial charge in [-0.15, -0.1) is 0 Å². The summed E-state index contributed by atoms with van der Waals surface area (Å²) in [4.78, 5) is 8.75. The van der Waals surface area contributed by atoms with Gasteiger partial charge in [-0.2, -0.15) is 0 Å². The number of aromatic nitrogens is 2. The molecule has 0 amide bonds. The number of fused-ring (bicyclic) bond motifs is 3. The molecule has 4 heteroatoms. The smallest absolute Gasteiger partial charge is 0.0979 e. The Labute approximate surface area is 111 Å². The molecule has 2 nitrogen and oxygen atoms in total. The summed E-state index contributed by atoms with van der Waals surface area (Å²) in [5, 5.41) is 2.78. The zero-order valence-corrected chi connectivity index (χ0v) is 11.0. The molecule has 0 aliphatic carbocycles. The summed E-state index contributed by atoms with van der Waals surface area (Å²) in [6.07, 6.45) is 3.51. The first-order valence-electron chi connectivity index (χ1n) is 4.75. The number of nitrogens with zero attached hydrogens (tertiary/aromatic N) is 2. The van der Waals surface area contributed by atoms with E-state index in [-0.39, 0.29) is 0 Å². The molecule has 16 heavy (non-hydrogen) atoms. The number of halogens is 2. The Kier molecular flexibility index (Phi) is 2.44. The first-order chi connectivity index (χ1) is 7.77. The van der Waals surface area contributed by atoms with E-state index in [1.165, 1.54) is 3.57 Å². The number of pyridine rings is 2. The van der Waals surface area contributed by atoms with Gasteiger partial charge in [-0.3, -0.25) is 9.97 Å². The highest BCUT2D eigenvalue weighted by atomic mass is 127. The summed E-state index contributed by atoms with van der Waals surface area (Å²) in [6, 6.07) is 7.82. The molecule has 0 aliphatic rings. The zero-order chi connectivity index (χ0) is 11.1. The summed E-state index contributed by atoms with van der Waals surface area (Å²) in [5.74, 6) is 0. The van der Waals surface area contributed by atoms with E-state index >= 15 is 0 Å². The maximum Gasteiger partial charge on any atom is 0.0979 e. The van der Waals surface area contributed by atoms with Gasteiger partial charge in [-0.05, 0) is 34.7 Å². The average Bonchev–Trinajstić information content (AvgIpc) is 2.30. The third kappa shape index (κ3) is 1.46. The van der Waals surface area contributed by atoms with Crippen LogP contribution in [0.1, 0.15) is 0 Å². The highest BCUT2D eigenvalue weighted by Crippen LogP contribution is 2.28. The summed E-state index contributed by atoms with van der Waals surface area (Å²) in [6.45, 7) is 0. The minimum atomic E-state index is 0.715. The van der Waals surface area contributed by atoms with Crippen LogP contribution in [0.3, 0.4) is 0 Å². The van der Waals surface area contributed by atoms with Gasteiger partial charge >= 0.3 is 0 Å². The first-order valence-corrected chi connectivity index (χ1v) is 6.20. The van der Waals surface area contributed by atoms with E-state index in [1.807, 2.05) is 18.2 Å². The molecule has 3 aromatic rings. The Morgan fingerprint density at radius 3 is 2.31 bits per heavy atom. The van der Waals surface area contributed by atoms with Gasteiger partial charge in [0.25, 0.3) is 0 Å². The molecular weight excluding hydrogens is 335 g/mol. The Morgan fingerprint density at radius 2 is 1.50 bits per heavy atom. The molecule has 0 atom stereocenters. The standard InChI is InChI=1S/C12H6ClIN2/c13-9-3-5-15-11-7(9)1-2-8-10(14)4-6-16-12(8)11/h1-6H. The van der Waals surface area contributed by atoms with E-state index in [2.05, 4.69) is 32.6 Å². The maximum absolute atomic E-state index is 6.13. The van der Waals surface area contributed by atoms with E-state index < -0.39 is 0 Å². The lowest BCUT2D eigenvalue weighted by Gasteiger charge is -2.04. The van der Waals surface area contributed by atoms with Gasteiger partial charge in [0.1, 0.15) is 0 Å². The van der Waals surface area contributed by atoms with Crippen LogP contribution in [0.5, 0.6) is 0 Å². The van der Waals surface area contributed by atoms with Crippen molar-refractivity contribution in [3.05, 3.63) is 45.3 Å². The van der Waals surface area contributed by atoms with Crippen molar-refractivity contribution in [3.8, 4) is 0 Å². The zero-order valence-electron chi connectivity index (χ0n) is 8.11. The Bertz CT molecular complexity index is 636. The molecule has 0 radical (unpaired) electrons. The molecule has 1 aromatic carbocycles. The lowest BCUT2D eigenvalue weighted by atomic mass is 10.1. The molecular formula is C12H6ClIN2. The molecule has 0 unspecified atom stereocenters. The molecule has 0 N–H and O–H groups in total. The lowest BCUT2D eigenvalue weighted by molar-refractivity contribution is 1.37. The van der Waals surface area contributed by atoms with Gasteiger partial charge in [0.15, 0.2) is 0 Å². The van der Waals surface area contributed by atoms with Gasteiger partial charge in [0.2, 0.25) is 0 Å². The van der Waals surface area contributed by atoms with Crippen LogP contribution in [-0.4, -0.2) is 9.97 Å². The number of hydrogen-bond donors (Lipinski definition) is 0. The van der Waals surface area contributed by atoms with E-state index in [0.717, 1.165) is 21.8 Å². The second kappa shape index (κ2) is 3.82. The van der Waals surface area contributed by atoms with Crippen molar-refractivity contribution in [2.75, 3.05) is 0 Å². The molecule has 0 bridgehead atoms. The molecule has 0 spiro atoms. The predicted molar refractivity (Wildman–Crippen MR) is 74.8 cm³/mol. The average molecular weight is 341 g/mol. The van der Waals surface area contributed by atoms with Gasteiger partial charge in [-0.25, -0.2) is 0 Å². The third-order valence-electron chi connectivity index (χ3n) is 2.51. The molecule has 0 saturated heterocycles. The highest BCUT2D eigenvalue weighted by Gasteiger charge is 2.07. The molecule has 0 fully saturated rings. The SMILES string of the molecule is Clc1ccnc2c1ccc1c(I)ccnc12. The van der Waals surface area contributed by atoms with Crippen molar-refractivity contribution >= 4 is 56.0 Å². The minimum Gasteiger partial charge on any atom is -0.254 e. The molecule has 78 valence electrons. The van der Waals surface area contributed by atoms with Crippen molar-refractivity contribution in [2.24, 2.45) is 0 Å². The Balaban J connectivity index is 2.60. The topological polar surface area (TPSA) is 25.8 Å². The second-order valence-corrected chi connectivity index (χ2v) is 5.01. The first kappa shape index (κ1) is 10.2. The monoisotopic (exact) mass is 340 g/mol. The van der Waals surface area contributed by atoms with Gasteiger partial charge in [0.05, 0.1) is 16.1 Å². The van der Waals surface area contributed by atoms with Crippen LogP contribution < -0.4 is 0 Å². The van der Waals surface area contributed by atoms with Crippen LogP contribution in [-0.2, 0) is 0 Å². The van der Waals surface area contributed by atoms with Gasteiger partial charge in [0, 0.05) is 26.7 Å². The molecule has 0 aliphatic heterocycles.